The second kappa shape index (κ2) is 8.30. The van der Waals surface area contributed by atoms with E-state index in [0.717, 1.165) is 11.3 Å². The SMILES string of the molecule is O=[N+]([O-])c1cc(Cl)ccc1-c1ccc(CNCc2ccc(-n3cccn3)cc2)o1. The molecule has 8 heteroatoms. The molecule has 0 aliphatic carbocycles. The number of hydrogen-bond donors (Lipinski definition) is 1. The second-order valence-electron chi connectivity index (χ2n) is 6.41. The minimum atomic E-state index is -0.464. The molecule has 0 amide bonds. The first kappa shape index (κ1) is 18.9. The molecule has 0 saturated heterocycles. The molecule has 0 unspecified atom stereocenters. The Morgan fingerprint density at radius 2 is 1.93 bits per heavy atom. The lowest BCUT2D eigenvalue weighted by molar-refractivity contribution is -0.384. The number of hydrogen-bond acceptors (Lipinski definition) is 5. The van der Waals surface area contributed by atoms with Crippen LogP contribution in [0.2, 0.25) is 5.02 Å². The Balaban J connectivity index is 1.38. The first-order valence-corrected chi connectivity index (χ1v) is 9.30. The van der Waals surface area contributed by atoms with Gasteiger partial charge in [0.1, 0.15) is 11.5 Å². The predicted molar refractivity (Wildman–Crippen MR) is 110 cm³/mol. The zero-order chi connectivity index (χ0) is 20.2. The molecule has 0 spiro atoms. The van der Waals surface area contributed by atoms with Gasteiger partial charge in [-0.05, 0) is 48.0 Å². The lowest BCUT2D eigenvalue weighted by atomic mass is 10.1. The number of benzene rings is 2. The molecule has 0 radical (unpaired) electrons. The van der Waals surface area contributed by atoms with Crippen molar-refractivity contribution < 1.29 is 9.34 Å². The van der Waals surface area contributed by atoms with Crippen LogP contribution in [0, 0.1) is 10.1 Å². The van der Waals surface area contributed by atoms with E-state index in [9.17, 15) is 10.1 Å². The van der Waals surface area contributed by atoms with Crippen molar-refractivity contribution in [2.45, 2.75) is 13.1 Å². The van der Waals surface area contributed by atoms with E-state index >= 15 is 0 Å². The second-order valence-corrected chi connectivity index (χ2v) is 6.84. The standard InChI is InChI=1S/C21H17ClN4O3/c22-16-4-8-19(20(12-16)26(27)28)21-9-7-18(29-21)14-23-13-15-2-5-17(6-3-15)25-11-1-10-24-25/h1-12,23H,13-14H2. The number of rotatable bonds is 7. The highest BCUT2D eigenvalue weighted by Gasteiger charge is 2.18. The molecule has 1 N–H and O–H groups in total. The van der Waals surface area contributed by atoms with Gasteiger partial charge in [0.2, 0.25) is 0 Å². The van der Waals surface area contributed by atoms with Gasteiger partial charge in [-0.3, -0.25) is 10.1 Å². The highest BCUT2D eigenvalue weighted by Crippen LogP contribution is 2.33. The van der Waals surface area contributed by atoms with Gasteiger partial charge in [-0.15, -0.1) is 0 Å². The van der Waals surface area contributed by atoms with Gasteiger partial charge in [-0.25, -0.2) is 4.68 Å². The van der Waals surface area contributed by atoms with E-state index in [-0.39, 0.29) is 5.69 Å². The van der Waals surface area contributed by atoms with Crippen LogP contribution in [0.15, 0.2) is 77.5 Å². The Bertz CT molecular complexity index is 1120. The van der Waals surface area contributed by atoms with Crippen LogP contribution in [0.25, 0.3) is 17.0 Å². The third-order valence-electron chi connectivity index (χ3n) is 4.42. The summed E-state index contributed by atoms with van der Waals surface area (Å²) in [5.74, 6) is 1.13. The van der Waals surface area contributed by atoms with Crippen LogP contribution in [-0.4, -0.2) is 14.7 Å². The Kier molecular flexibility index (Phi) is 5.41. The van der Waals surface area contributed by atoms with E-state index < -0.39 is 4.92 Å². The molecule has 146 valence electrons. The maximum Gasteiger partial charge on any atom is 0.281 e. The Labute approximate surface area is 171 Å². The van der Waals surface area contributed by atoms with Crippen molar-refractivity contribution in [3.63, 3.8) is 0 Å². The minimum absolute atomic E-state index is 0.0800. The highest BCUT2D eigenvalue weighted by molar-refractivity contribution is 6.30. The fourth-order valence-electron chi connectivity index (χ4n) is 3.00. The summed E-state index contributed by atoms with van der Waals surface area (Å²) in [6.45, 7) is 1.17. The zero-order valence-electron chi connectivity index (χ0n) is 15.3. The van der Waals surface area contributed by atoms with Crippen LogP contribution in [0.4, 0.5) is 5.69 Å². The third-order valence-corrected chi connectivity index (χ3v) is 4.65. The topological polar surface area (TPSA) is 86.1 Å². The van der Waals surface area contributed by atoms with Gasteiger partial charge in [-0.1, -0.05) is 23.7 Å². The highest BCUT2D eigenvalue weighted by atomic mass is 35.5. The molecule has 0 aliphatic rings. The molecule has 29 heavy (non-hydrogen) atoms. The van der Waals surface area contributed by atoms with Crippen LogP contribution in [0.5, 0.6) is 0 Å². The van der Waals surface area contributed by atoms with E-state index in [1.54, 1.807) is 29.1 Å². The lowest BCUT2D eigenvalue weighted by Crippen LogP contribution is -2.12. The predicted octanol–water partition coefficient (Wildman–Crippen LogP) is 4.98. The molecule has 4 rings (SSSR count). The van der Waals surface area contributed by atoms with Crippen molar-refractivity contribution in [3.8, 4) is 17.0 Å². The first-order valence-electron chi connectivity index (χ1n) is 8.93. The molecule has 0 saturated carbocycles. The summed E-state index contributed by atoms with van der Waals surface area (Å²) in [5, 5.41) is 19.1. The minimum Gasteiger partial charge on any atom is -0.459 e. The van der Waals surface area contributed by atoms with Crippen molar-refractivity contribution >= 4 is 17.3 Å². The van der Waals surface area contributed by atoms with Crippen molar-refractivity contribution in [3.05, 3.63) is 99.5 Å². The fourth-order valence-corrected chi connectivity index (χ4v) is 3.17. The van der Waals surface area contributed by atoms with E-state index in [1.165, 1.54) is 6.07 Å². The number of nitrogens with one attached hydrogen (secondary N) is 1. The number of furan rings is 1. The van der Waals surface area contributed by atoms with Crippen LogP contribution in [0.1, 0.15) is 11.3 Å². The Morgan fingerprint density at radius 3 is 2.66 bits per heavy atom. The average Bonchev–Trinajstić information content (AvgIpc) is 3.41. The van der Waals surface area contributed by atoms with Gasteiger partial charge in [0, 0.05) is 30.0 Å². The molecule has 2 aromatic carbocycles. The number of aromatic nitrogens is 2. The zero-order valence-corrected chi connectivity index (χ0v) is 16.0. The number of halogens is 1. The molecule has 0 aliphatic heterocycles. The van der Waals surface area contributed by atoms with Crippen molar-refractivity contribution in [2.24, 2.45) is 0 Å². The molecular weight excluding hydrogens is 392 g/mol. The normalized spacial score (nSPS) is 10.9. The molecule has 0 fully saturated rings. The third kappa shape index (κ3) is 4.37. The Hall–Kier alpha value is -3.42. The summed E-state index contributed by atoms with van der Waals surface area (Å²) >= 11 is 5.87. The molecule has 2 heterocycles. The van der Waals surface area contributed by atoms with E-state index in [2.05, 4.69) is 10.4 Å². The largest absolute Gasteiger partial charge is 0.459 e. The summed E-state index contributed by atoms with van der Waals surface area (Å²) in [6, 6.07) is 18.0. The molecule has 0 atom stereocenters. The van der Waals surface area contributed by atoms with Gasteiger partial charge >= 0.3 is 0 Å². The monoisotopic (exact) mass is 408 g/mol. The molecule has 2 aromatic heterocycles. The molecule has 0 bridgehead atoms. The van der Waals surface area contributed by atoms with Crippen LogP contribution in [-0.2, 0) is 13.1 Å². The summed E-state index contributed by atoms with van der Waals surface area (Å²) in [7, 11) is 0. The van der Waals surface area contributed by atoms with E-state index in [4.69, 9.17) is 16.0 Å². The van der Waals surface area contributed by atoms with Gasteiger partial charge in [0.15, 0.2) is 0 Å². The fraction of sp³-hybridized carbons (Fsp3) is 0.0952. The van der Waals surface area contributed by atoms with Gasteiger partial charge in [0.05, 0.1) is 22.7 Å². The van der Waals surface area contributed by atoms with Crippen molar-refractivity contribution in [1.82, 2.24) is 15.1 Å². The molecular formula is C21H17ClN4O3. The summed E-state index contributed by atoms with van der Waals surface area (Å²) in [6.07, 6.45) is 3.64. The van der Waals surface area contributed by atoms with Crippen molar-refractivity contribution in [1.29, 1.82) is 0 Å². The van der Waals surface area contributed by atoms with Gasteiger partial charge in [0.25, 0.3) is 5.69 Å². The summed E-state index contributed by atoms with van der Waals surface area (Å²) < 4.78 is 7.59. The number of nitro benzene ring substituents is 1. The number of nitrogens with zero attached hydrogens (tertiary/aromatic N) is 3. The lowest BCUT2D eigenvalue weighted by Gasteiger charge is -2.06. The number of nitro groups is 1. The van der Waals surface area contributed by atoms with Crippen LogP contribution in [0.3, 0.4) is 0 Å². The van der Waals surface area contributed by atoms with Crippen molar-refractivity contribution in [2.75, 3.05) is 0 Å². The smallest absolute Gasteiger partial charge is 0.281 e. The quantitative estimate of drug-likeness (QED) is 0.344. The van der Waals surface area contributed by atoms with E-state index in [0.29, 0.717) is 35.2 Å². The maximum atomic E-state index is 11.3. The first-order chi connectivity index (χ1) is 14.1. The average molecular weight is 409 g/mol. The molecule has 4 aromatic rings. The summed E-state index contributed by atoms with van der Waals surface area (Å²) in [5.41, 5.74) is 2.45. The van der Waals surface area contributed by atoms with Crippen LogP contribution >= 0.6 is 11.6 Å². The maximum absolute atomic E-state index is 11.3. The van der Waals surface area contributed by atoms with Crippen LogP contribution < -0.4 is 5.32 Å². The summed E-state index contributed by atoms with van der Waals surface area (Å²) in [4.78, 5) is 10.8. The van der Waals surface area contributed by atoms with Gasteiger partial charge in [-0.2, -0.15) is 5.10 Å². The molecule has 7 nitrogen and oxygen atoms in total. The van der Waals surface area contributed by atoms with Gasteiger partial charge < -0.3 is 9.73 Å². The van der Waals surface area contributed by atoms with E-state index in [1.807, 2.05) is 42.6 Å². The Morgan fingerprint density at radius 1 is 1.10 bits per heavy atom.